The normalized spacial score (nSPS) is 27.0. The van der Waals surface area contributed by atoms with Gasteiger partial charge in [0.2, 0.25) is 5.91 Å². The van der Waals surface area contributed by atoms with Gasteiger partial charge in [-0.3, -0.25) is 14.4 Å². The zero-order valence-electron chi connectivity index (χ0n) is 17.9. The summed E-state index contributed by atoms with van der Waals surface area (Å²) in [6.07, 6.45) is 3.49. The van der Waals surface area contributed by atoms with Gasteiger partial charge in [-0.1, -0.05) is 38.8 Å². The summed E-state index contributed by atoms with van der Waals surface area (Å²) in [7, 11) is 0. The largest absolute Gasteiger partial charge is 0.455 e. The second-order valence-electron chi connectivity index (χ2n) is 8.69. The molecule has 1 aliphatic carbocycles. The zero-order valence-corrected chi connectivity index (χ0v) is 17.9. The van der Waals surface area contributed by atoms with E-state index in [2.05, 4.69) is 19.2 Å². The smallest absolute Gasteiger partial charge is 0.311 e. The fourth-order valence-electron chi connectivity index (χ4n) is 4.53. The van der Waals surface area contributed by atoms with Crippen LogP contribution in [0.25, 0.3) is 0 Å². The summed E-state index contributed by atoms with van der Waals surface area (Å²) in [5.74, 6) is -0.276. The molecule has 3 rings (SSSR count). The number of hydrogen-bond acceptors (Lipinski definition) is 4. The van der Waals surface area contributed by atoms with Crippen LogP contribution in [0.4, 0.5) is 5.69 Å². The topological polar surface area (TPSA) is 75.7 Å². The maximum Gasteiger partial charge on any atom is 0.311 e. The molecule has 158 valence electrons. The van der Waals surface area contributed by atoms with Crippen LogP contribution in [0.5, 0.6) is 0 Å². The first-order valence-electron chi connectivity index (χ1n) is 10.6. The van der Waals surface area contributed by atoms with E-state index >= 15 is 0 Å². The van der Waals surface area contributed by atoms with E-state index in [4.69, 9.17) is 4.74 Å². The summed E-state index contributed by atoms with van der Waals surface area (Å²) in [5, 5.41) is 2.78. The van der Waals surface area contributed by atoms with Gasteiger partial charge in [-0.25, -0.2) is 0 Å². The quantitative estimate of drug-likeness (QED) is 0.768. The molecule has 0 radical (unpaired) electrons. The standard InChI is InChI=1S/C23H32N2O4/c1-14-7-5-9-19(16(14)3)24-21(26)13-29-23(28)18-11-22(27)25(12-18)20-10-6-8-15(2)17(20)4/h5,7,9,15,17-18,20H,6,8,10-13H2,1-4H3,(H,24,26)/t15-,17-,18-,20+/m0/s1. The molecular weight excluding hydrogens is 368 g/mol. The number of rotatable bonds is 5. The van der Waals surface area contributed by atoms with Crippen molar-refractivity contribution in [2.75, 3.05) is 18.5 Å². The number of likely N-dealkylation sites (tertiary alicyclic amines) is 1. The number of anilines is 1. The molecule has 1 aromatic rings. The molecular formula is C23H32N2O4. The van der Waals surface area contributed by atoms with Crippen molar-refractivity contribution in [2.45, 2.75) is 59.4 Å². The van der Waals surface area contributed by atoms with Crippen LogP contribution in [-0.2, 0) is 19.1 Å². The van der Waals surface area contributed by atoms with Gasteiger partial charge >= 0.3 is 5.97 Å². The number of hydrogen-bond donors (Lipinski definition) is 1. The van der Waals surface area contributed by atoms with Gasteiger partial charge in [0.05, 0.1) is 5.92 Å². The molecule has 2 amide bonds. The van der Waals surface area contributed by atoms with Gasteiger partial charge in [0.15, 0.2) is 6.61 Å². The predicted octanol–water partition coefficient (Wildman–Crippen LogP) is 3.46. The molecule has 0 spiro atoms. The Balaban J connectivity index is 1.51. The summed E-state index contributed by atoms with van der Waals surface area (Å²) in [6, 6.07) is 5.87. The van der Waals surface area contributed by atoms with Crippen molar-refractivity contribution >= 4 is 23.5 Å². The van der Waals surface area contributed by atoms with E-state index in [0.29, 0.717) is 24.1 Å². The average Bonchev–Trinajstić information content (AvgIpc) is 3.07. The van der Waals surface area contributed by atoms with Crippen molar-refractivity contribution in [1.29, 1.82) is 0 Å². The lowest BCUT2D eigenvalue weighted by Crippen LogP contribution is -2.45. The van der Waals surface area contributed by atoms with Gasteiger partial charge in [0.1, 0.15) is 0 Å². The highest BCUT2D eigenvalue weighted by atomic mass is 16.5. The molecule has 1 saturated heterocycles. The molecule has 0 aromatic heterocycles. The number of carbonyl (C=O) groups excluding carboxylic acids is 3. The Morgan fingerprint density at radius 3 is 2.72 bits per heavy atom. The number of aryl methyl sites for hydroxylation is 1. The Morgan fingerprint density at radius 2 is 1.97 bits per heavy atom. The number of ether oxygens (including phenoxy) is 1. The summed E-state index contributed by atoms with van der Waals surface area (Å²) < 4.78 is 5.23. The van der Waals surface area contributed by atoms with Crippen LogP contribution in [0.1, 0.15) is 50.7 Å². The molecule has 6 nitrogen and oxygen atoms in total. The fraction of sp³-hybridized carbons (Fsp3) is 0.609. The first-order valence-corrected chi connectivity index (χ1v) is 10.6. The van der Waals surface area contributed by atoms with E-state index in [1.165, 1.54) is 6.42 Å². The lowest BCUT2D eigenvalue weighted by molar-refractivity contribution is -0.151. The molecule has 0 bridgehead atoms. The summed E-state index contributed by atoms with van der Waals surface area (Å²) in [5.41, 5.74) is 2.78. The zero-order chi connectivity index (χ0) is 21.1. The summed E-state index contributed by atoms with van der Waals surface area (Å²) in [6.45, 7) is 8.40. The van der Waals surface area contributed by atoms with Gasteiger partial charge in [-0.15, -0.1) is 0 Å². The first-order chi connectivity index (χ1) is 13.8. The van der Waals surface area contributed by atoms with E-state index in [1.807, 2.05) is 36.9 Å². The molecule has 1 N–H and O–H groups in total. The molecule has 0 unspecified atom stereocenters. The number of benzene rings is 1. The number of nitrogens with one attached hydrogen (secondary N) is 1. The summed E-state index contributed by atoms with van der Waals surface area (Å²) in [4.78, 5) is 39.1. The lowest BCUT2D eigenvalue weighted by Gasteiger charge is -2.39. The van der Waals surface area contributed by atoms with Crippen LogP contribution in [0.2, 0.25) is 0 Å². The van der Waals surface area contributed by atoms with E-state index < -0.39 is 11.9 Å². The van der Waals surface area contributed by atoms with Crippen molar-refractivity contribution in [3.63, 3.8) is 0 Å². The van der Waals surface area contributed by atoms with Gasteiger partial charge in [-0.2, -0.15) is 0 Å². The second-order valence-corrected chi connectivity index (χ2v) is 8.69. The SMILES string of the molecule is Cc1cccc(NC(=O)COC(=O)[C@H]2CC(=O)N([C@@H]3CCC[C@H](C)[C@@H]3C)C2)c1C. The average molecular weight is 401 g/mol. The van der Waals surface area contributed by atoms with E-state index in [9.17, 15) is 14.4 Å². The molecule has 6 heteroatoms. The third-order valence-corrected chi connectivity index (χ3v) is 6.78. The lowest BCUT2D eigenvalue weighted by atomic mass is 9.77. The minimum Gasteiger partial charge on any atom is -0.455 e. The predicted molar refractivity (Wildman–Crippen MR) is 111 cm³/mol. The van der Waals surface area contributed by atoms with E-state index in [1.54, 1.807) is 0 Å². The van der Waals surface area contributed by atoms with Gasteiger partial charge in [-0.05, 0) is 49.3 Å². The summed E-state index contributed by atoms with van der Waals surface area (Å²) >= 11 is 0. The van der Waals surface area contributed by atoms with Gasteiger partial charge < -0.3 is 15.0 Å². The minimum absolute atomic E-state index is 0.0257. The van der Waals surface area contributed by atoms with Crippen LogP contribution in [0.15, 0.2) is 18.2 Å². The highest BCUT2D eigenvalue weighted by Crippen LogP contribution is 2.35. The van der Waals surface area contributed by atoms with Crippen molar-refractivity contribution in [3.05, 3.63) is 29.3 Å². The molecule has 2 aliphatic rings. The monoisotopic (exact) mass is 400 g/mol. The maximum atomic E-state index is 12.5. The molecule has 1 aliphatic heterocycles. The van der Waals surface area contributed by atoms with Crippen molar-refractivity contribution in [3.8, 4) is 0 Å². The van der Waals surface area contributed by atoms with Crippen molar-refractivity contribution < 1.29 is 19.1 Å². The van der Waals surface area contributed by atoms with Gasteiger partial charge in [0.25, 0.3) is 5.91 Å². The van der Waals surface area contributed by atoms with Crippen molar-refractivity contribution in [2.24, 2.45) is 17.8 Å². The molecule has 1 heterocycles. The Morgan fingerprint density at radius 1 is 1.21 bits per heavy atom. The molecule has 1 aromatic carbocycles. The van der Waals surface area contributed by atoms with E-state index in [0.717, 1.165) is 24.0 Å². The minimum atomic E-state index is -0.486. The van der Waals surface area contributed by atoms with Crippen LogP contribution in [0.3, 0.4) is 0 Å². The number of esters is 1. The van der Waals surface area contributed by atoms with Crippen LogP contribution in [-0.4, -0.2) is 41.9 Å². The molecule has 1 saturated carbocycles. The third kappa shape index (κ3) is 4.80. The highest BCUT2D eigenvalue weighted by molar-refractivity contribution is 5.94. The Labute approximate surface area is 173 Å². The second kappa shape index (κ2) is 8.97. The fourth-order valence-corrected chi connectivity index (χ4v) is 4.53. The first kappa shape index (κ1) is 21.3. The highest BCUT2D eigenvalue weighted by Gasteiger charge is 2.42. The molecule has 29 heavy (non-hydrogen) atoms. The van der Waals surface area contributed by atoms with Crippen LogP contribution in [0, 0.1) is 31.6 Å². The van der Waals surface area contributed by atoms with Gasteiger partial charge in [0, 0.05) is 24.7 Å². The number of amides is 2. The number of carbonyl (C=O) groups is 3. The Hall–Kier alpha value is -2.37. The van der Waals surface area contributed by atoms with E-state index in [-0.39, 0.29) is 30.9 Å². The maximum absolute atomic E-state index is 12.5. The van der Waals surface area contributed by atoms with Crippen LogP contribution >= 0.6 is 0 Å². The Kier molecular flexibility index (Phi) is 6.60. The molecule has 4 atom stereocenters. The van der Waals surface area contributed by atoms with Crippen molar-refractivity contribution in [1.82, 2.24) is 4.90 Å². The van der Waals surface area contributed by atoms with Crippen LogP contribution < -0.4 is 5.32 Å². The Bertz CT molecular complexity index is 791. The third-order valence-electron chi connectivity index (χ3n) is 6.78. The molecule has 2 fully saturated rings. The number of nitrogens with zero attached hydrogens (tertiary/aromatic N) is 1.